The molecule has 1 heterocycles. The minimum Gasteiger partial charge on any atom is -0.372 e. The highest BCUT2D eigenvalue weighted by atomic mass is 16.5. The molecule has 1 saturated heterocycles. The van der Waals surface area contributed by atoms with Crippen LogP contribution in [0.1, 0.15) is 50.8 Å². The molecular formula is C16H21NO. The Balaban J connectivity index is 2.21. The lowest BCUT2D eigenvalue weighted by molar-refractivity contribution is -0.0101. The van der Waals surface area contributed by atoms with Gasteiger partial charge in [-0.05, 0) is 29.4 Å². The maximum Gasteiger partial charge on any atom is 0.0982 e. The molecule has 1 aliphatic rings. The van der Waals surface area contributed by atoms with Gasteiger partial charge in [-0.15, -0.1) is 0 Å². The number of hydrogen-bond donors (Lipinski definition) is 0. The lowest BCUT2D eigenvalue weighted by atomic mass is 9.85. The van der Waals surface area contributed by atoms with Gasteiger partial charge in [0.25, 0.3) is 0 Å². The molecule has 1 aromatic rings. The molecule has 2 unspecified atom stereocenters. The fourth-order valence-electron chi connectivity index (χ4n) is 2.41. The highest BCUT2D eigenvalue weighted by Crippen LogP contribution is 2.34. The SMILES string of the molecule is CC(C)(C)c1ccc(C2OCCCC2C#N)cc1. The highest BCUT2D eigenvalue weighted by Gasteiger charge is 2.27. The first-order valence-corrected chi connectivity index (χ1v) is 6.64. The van der Waals surface area contributed by atoms with Crippen LogP contribution in [0.5, 0.6) is 0 Å². The number of rotatable bonds is 1. The van der Waals surface area contributed by atoms with Crippen LogP contribution < -0.4 is 0 Å². The van der Waals surface area contributed by atoms with Crippen LogP contribution in [0.15, 0.2) is 24.3 Å². The molecule has 0 radical (unpaired) electrons. The van der Waals surface area contributed by atoms with Gasteiger partial charge in [-0.2, -0.15) is 5.26 Å². The highest BCUT2D eigenvalue weighted by molar-refractivity contribution is 5.29. The maximum atomic E-state index is 9.18. The number of nitrogens with zero attached hydrogens (tertiary/aromatic N) is 1. The van der Waals surface area contributed by atoms with Crippen molar-refractivity contribution in [2.75, 3.05) is 6.61 Å². The minimum atomic E-state index is -0.0437. The van der Waals surface area contributed by atoms with E-state index in [1.807, 2.05) is 0 Å². The number of nitriles is 1. The summed E-state index contributed by atoms with van der Waals surface area (Å²) in [6, 6.07) is 10.9. The van der Waals surface area contributed by atoms with Gasteiger partial charge in [-0.25, -0.2) is 0 Å². The van der Waals surface area contributed by atoms with Gasteiger partial charge in [0.2, 0.25) is 0 Å². The molecule has 0 aromatic heterocycles. The van der Waals surface area contributed by atoms with Crippen LogP contribution in [0.2, 0.25) is 0 Å². The zero-order valence-electron chi connectivity index (χ0n) is 11.4. The lowest BCUT2D eigenvalue weighted by Crippen LogP contribution is -2.21. The van der Waals surface area contributed by atoms with Crippen molar-refractivity contribution in [3.8, 4) is 6.07 Å². The van der Waals surface area contributed by atoms with Gasteiger partial charge in [-0.1, -0.05) is 45.0 Å². The second kappa shape index (κ2) is 5.12. The zero-order chi connectivity index (χ0) is 13.2. The molecule has 0 saturated carbocycles. The molecule has 2 atom stereocenters. The molecule has 0 N–H and O–H groups in total. The topological polar surface area (TPSA) is 33.0 Å². The van der Waals surface area contributed by atoms with Gasteiger partial charge in [0.15, 0.2) is 0 Å². The smallest absolute Gasteiger partial charge is 0.0982 e. The van der Waals surface area contributed by atoms with E-state index < -0.39 is 0 Å². The summed E-state index contributed by atoms with van der Waals surface area (Å²) in [6.07, 6.45) is 1.90. The van der Waals surface area contributed by atoms with Crippen LogP contribution in [0.4, 0.5) is 0 Å². The summed E-state index contributed by atoms with van der Waals surface area (Å²) in [7, 11) is 0. The lowest BCUT2D eigenvalue weighted by Gasteiger charge is -2.28. The second-order valence-electron chi connectivity index (χ2n) is 6.04. The van der Waals surface area contributed by atoms with E-state index in [4.69, 9.17) is 4.74 Å². The largest absolute Gasteiger partial charge is 0.372 e. The van der Waals surface area contributed by atoms with Crippen molar-refractivity contribution in [1.82, 2.24) is 0 Å². The first kappa shape index (κ1) is 13.1. The molecule has 18 heavy (non-hydrogen) atoms. The summed E-state index contributed by atoms with van der Waals surface area (Å²) in [5, 5.41) is 9.18. The van der Waals surface area contributed by atoms with E-state index >= 15 is 0 Å². The average Bonchev–Trinajstić information content (AvgIpc) is 2.38. The molecule has 1 fully saturated rings. The van der Waals surface area contributed by atoms with Crippen molar-refractivity contribution >= 4 is 0 Å². The molecule has 0 bridgehead atoms. The third-order valence-corrected chi connectivity index (χ3v) is 3.59. The Morgan fingerprint density at radius 3 is 2.44 bits per heavy atom. The van der Waals surface area contributed by atoms with E-state index in [9.17, 15) is 5.26 Å². The minimum absolute atomic E-state index is 0.000707. The van der Waals surface area contributed by atoms with Gasteiger partial charge in [0, 0.05) is 6.61 Å². The first-order valence-electron chi connectivity index (χ1n) is 6.64. The van der Waals surface area contributed by atoms with E-state index in [0.29, 0.717) is 0 Å². The molecule has 2 rings (SSSR count). The molecule has 0 aliphatic carbocycles. The van der Waals surface area contributed by atoms with Crippen molar-refractivity contribution in [2.24, 2.45) is 5.92 Å². The first-order chi connectivity index (χ1) is 8.52. The van der Waals surface area contributed by atoms with Crippen LogP contribution in [-0.4, -0.2) is 6.61 Å². The third-order valence-electron chi connectivity index (χ3n) is 3.59. The monoisotopic (exact) mass is 243 g/mol. The number of hydrogen-bond acceptors (Lipinski definition) is 2. The van der Waals surface area contributed by atoms with Crippen LogP contribution in [0.25, 0.3) is 0 Å². The summed E-state index contributed by atoms with van der Waals surface area (Å²) >= 11 is 0. The third kappa shape index (κ3) is 2.73. The fraction of sp³-hybridized carbons (Fsp3) is 0.562. The van der Waals surface area contributed by atoms with E-state index in [1.54, 1.807) is 0 Å². The molecule has 96 valence electrons. The van der Waals surface area contributed by atoms with Gasteiger partial charge >= 0.3 is 0 Å². The second-order valence-corrected chi connectivity index (χ2v) is 6.04. The Bertz CT molecular complexity index is 436. The Morgan fingerprint density at radius 2 is 1.89 bits per heavy atom. The summed E-state index contributed by atoms with van der Waals surface area (Å²) in [5.74, 6) is -0.000707. The van der Waals surface area contributed by atoms with Crippen LogP contribution in [0.3, 0.4) is 0 Å². The quantitative estimate of drug-likeness (QED) is 0.747. The van der Waals surface area contributed by atoms with E-state index in [-0.39, 0.29) is 17.4 Å². The van der Waals surface area contributed by atoms with Crippen LogP contribution in [0, 0.1) is 17.2 Å². The summed E-state index contributed by atoms with van der Waals surface area (Å²) < 4.78 is 5.77. The molecule has 0 amide bonds. The molecular weight excluding hydrogens is 222 g/mol. The van der Waals surface area contributed by atoms with Gasteiger partial charge < -0.3 is 4.74 Å². The van der Waals surface area contributed by atoms with Gasteiger partial charge in [-0.3, -0.25) is 0 Å². The number of ether oxygens (including phenoxy) is 1. The van der Waals surface area contributed by atoms with Crippen molar-refractivity contribution in [3.63, 3.8) is 0 Å². The Morgan fingerprint density at radius 1 is 1.22 bits per heavy atom. The van der Waals surface area contributed by atoms with Gasteiger partial charge in [0.05, 0.1) is 18.1 Å². The van der Waals surface area contributed by atoms with Gasteiger partial charge in [0.1, 0.15) is 0 Å². The zero-order valence-corrected chi connectivity index (χ0v) is 11.4. The van der Waals surface area contributed by atoms with Crippen LogP contribution in [-0.2, 0) is 10.2 Å². The summed E-state index contributed by atoms with van der Waals surface area (Å²) in [4.78, 5) is 0. The maximum absolute atomic E-state index is 9.18. The predicted octanol–water partition coefficient (Wildman–Crippen LogP) is 3.98. The summed E-state index contributed by atoms with van der Waals surface area (Å²) in [6.45, 7) is 7.38. The van der Waals surface area contributed by atoms with Crippen molar-refractivity contribution in [1.29, 1.82) is 5.26 Å². The standard InChI is InChI=1S/C16H21NO/c1-16(2,3)14-8-6-12(7-9-14)15-13(11-17)5-4-10-18-15/h6-9,13,15H,4-5,10H2,1-3H3. The van der Waals surface area contributed by atoms with E-state index in [0.717, 1.165) is 25.0 Å². The van der Waals surface area contributed by atoms with Crippen molar-refractivity contribution in [2.45, 2.75) is 45.1 Å². The summed E-state index contributed by atoms with van der Waals surface area (Å²) in [5.41, 5.74) is 2.62. The fourth-order valence-corrected chi connectivity index (χ4v) is 2.41. The molecule has 1 aromatic carbocycles. The Kier molecular flexibility index (Phi) is 3.73. The molecule has 2 nitrogen and oxygen atoms in total. The van der Waals surface area contributed by atoms with Crippen molar-refractivity contribution < 1.29 is 4.74 Å². The molecule has 2 heteroatoms. The van der Waals surface area contributed by atoms with E-state index in [2.05, 4.69) is 51.1 Å². The predicted molar refractivity (Wildman–Crippen MR) is 72.2 cm³/mol. The van der Waals surface area contributed by atoms with E-state index in [1.165, 1.54) is 5.56 Å². The normalized spacial score (nSPS) is 24.6. The Hall–Kier alpha value is -1.33. The number of benzene rings is 1. The average molecular weight is 243 g/mol. The molecule has 1 aliphatic heterocycles. The van der Waals surface area contributed by atoms with Crippen molar-refractivity contribution in [3.05, 3.63) is 35.4 Å². The van der Waals surface area contributed by atoms with Crippen LogP contribution >= 0.6 is 0 Å². The Labute approximate surface area is 110 Å². The molecule has 0 spiro atoms.